The van der Waals surface area contributed by atoms with Gasteiger partial charge >= 0.3 is 6.18 Å². The van der Waals surface area contributed by atoms with Crippen molar-refractivity contribution in [2.24, 2.45) is 5.73 Å². The van der Waals surface area contributed by atoms with Crippen molar-refractivity contribution in [3.05, 3.63) is 106 Å². The molecule has 8 nitrogen and oxygen atoms in total. The van der Waals surface area contributed by atoms with Gasteiger partial charge in [-0.15, -0.1) is 0 Å². The number of carbonyl (C=O) groups excluding carboxylic acids is 3. The van der Waals surface area contributed by atoms with Gasteiger partial charge in [-0.1, -0.05) is 36.4 Å². The molecule has 2 atom stereocenters. The molecule has 0 spiro atoms. The minimum atomic E-state index is -4.53. The number of benzene rings is 3. The van der Waals surface area contributed by atoms with Gasteiger partial charge in [0.2, 0.25) is 17.6 Å². The average Bonchev–Trinajstić information content (AvgIpc) is 3.97. The van der Waals surface area contributed by atoms with Crippen molar-refractivity contribution in [2.45, 2.75) is 82.2 Å². The number of halogens is 6. The largest absolute Gasteiger partial charge is 0.488 e. The highest BCUT2D eigenvalue weighted by Gasteiger charge is 2.43. The van der Waals surface area contributed by atoms with Crippen LogP contribution in [-0.4, -0.2) is 65.3 Å². The fourth-order valence-electron chi connectivity index (χ4n) is 7.06. The van der Waals surface area contributed by atoms with Crippen LogP contribution in [0.15, 0.2) is 66.2 Å². The number of aryl methyl sites for hydroxylation is 1. The van der Waals surface area contributed by atoms with E-state index in [4.69, 9.17) is 10.5 Å². The molecule has 1 saturated heterocycles. The van der Waals surface area contributed by atoms with Gasteiger partial charge < -0.3 is 25.6 Å². The molecule has 2 aliphatic heterocycles. The highest BCUT2D eigenvalue weighted by atomic mass is 19.4. The third-order valence-electron chi connectivity index (χ3n) is 9.82. The zero-order valence-electron chi connectivity index (χ0n) is 28.9. The molecule has 0 radical (unpaired) electrons. The summed E-state index contributed by atoms with van der Waals surface area (Å²) in [7, 11) is 0. The molecule has 53 heavy (non-hydrogen) atoms. The Morgan fingerprint density at radius 1 is 0.906 bits per heavy atom. The lowest BCUT2D eigenvalue weighted by Gasteiger charge is -2.45. The van der Waals surface area contributed by atoms with Crippen molar-refractivity contribution in [3.63, 3.8) is 0 Å². The summed E-state index contributed by atoms with van der Waals surface area (Å²) in [5.74, 6) is -5.31. The molecule has 3 aliphatic rings. The zero-order chi connectivity index (χ0) is 37.9. The minimum Gasteiger partial charge on any atom is -0.488 e. The number of nitrogens with one attached hydrogen (secondary N) is 1. The summed E-state index contributed by atoms with van der Waals surface area (Å²) in [6, 6.07) is 13.1. The zero-order valence-corrected chi connectivity index (χ0v) is 28.9. The maximum Gasteiger partial charge on any atom is 0.416 e. The first-order valence-corrected chi connectivity index (χ1v) is 17.7. The van der Waals surface area contributed by atoms with Crippen LogP contribution in [0.4, 0.5) is 26.3 Å². The molecule has 2 fully saturated rings. The summed E-state index contributed by atoms with van der Waals surface area (Å²) in [4.78, 5) is 42.4. The topological polar surface area (TPSA) is 105 Å². The molecule has 1 unspecified atom stereocenters. The van der Waals surface area contributed by atoms with Gasteiger partial charge in [-0.2, -0.15) is 17.6 Å². The van der Waals surface area contributed by atoms with Gasteiger partial charge in [0.05, 0.1) is 18.2 Å². The second kappa shape index (κ2) is 16.0. The number of hydrogen-bond acceptors (Lipinski definition) is 5. The number of piperazine rings is 1. The summed E-state index contributed by atoms with van der Waals surface area (Å²) in [6.45, 7) is 0.514. The highest BCUT2D eigenvalue weighted by Crippen LogP contribution is 2.38. The van der Waals surface area contributed by atoms with Crippen molar-refractivity contribution < 1.29 is 45.5 Å². The standard InChI is InChI=1S/C39H40F6N4O4/c40-30-15-16-31(41)37(36(30)42)53-17-3-5-23-9-11-25(12-10-23)29-19-27-21-48(34(51)8-2-7-33(46)50)22-32(47-27)35(29)38(52)49(28-13-14-28)20-24-4-1-6-26(18-24)39(43,44)45/h1,4,6,9-12,15-16,18,27-28,32,47H,2-3,5,7-8,13-14,17,19-22H2,(H2,46,50)/t27?,32-/m1/s1. The fourth-order valence-corrected chi connectivity index (χ4v) is 7.06. The fraction of sp³-hybridized carbons (Fsp3) is 0.410. The van der Waals surface area contributed by atoms with E-state index in [0.29, 0.717) is 49.4 Å². The number of fused-ring (bicyclic) bond motifs is 2. The van der Waals surface area contributed by atoms with Gasteiger partial charge in [0.15, 0.2) is 17.4 Å². The second-order valence-electron chi connectivity index (χ2n) is 13.8. The van der Waals surface area contributed by atoms with Crippen LogP contribution in [0, 0.1) is 17.5 Å². The van der Waals surface area contributed by atoms with E-state index in [-0.39, 0.29) is 56.4 Å². The van der Waals surface area contributed by atoms with Gasteiger partial charge in [0.1, 0.15) is 0 Å². The second-order valence-corrected chi connectivity index (χ2v) is 13.8. The Labute approximate surface area is 303 Å². The molecule has 1 aliphatic carbocycles. The maximum atomic E-state index is 14.7. The first-order valence-electron chi connectivity index (χ1n) is 17.7. The molecule has 0 aromatic heterocycles. The number of ether oxygens (including phenoxy) is 1. The Kier molecular flexibility index (Phi) is 11.5. The van der Waals surface area contributed by atoms with Crippen LogP contribution in [0.25, 0.3) is 5.57 Å². The number of hydrogen-bond donors (Lipinski definition) is 2. The summed E-state index contributed by atoms with van der Waals surface area (Å²) in [5, 5.41) is 3.51. The normalized spacial score (nSPS) is 18.6. The van der Waals surface area contributed by atoms with E-state index in [2.05, 4.69) is 5.32 Å². The highest BCUT2D eigenvalue weighted by molar-refractivity contribution is 6.03. The van der Waals surface area contributed by atoms with E-state index >= 15 is 0 Å². The lowest BCUT2D eigenvalue weighted by molar-refractivity contribution is -0.137. The minimum absolute atomic E-state index is 0.0134. The van der Waals surface area contributed by atoms with Crippen LogP contribution >= 0.6 is 0 Å². The molecular weight excluding hydrogens is 702 g/mol. The van der Waals surface area contributed by atoms with Crippen LogP contribution in [0.3, 0.4) is 0 Å². The first-order chi connectivity index (χ1) is 25.3. The smallest absolute Gasteiger partial charge is 0.416 e. The Morgan fingerprint density at radius 2 is 1.64 bits per heavy atom. The quantitative estimate of drug-likeness (QED) is 0.115. The number of carbonyl (C=O) groups is 3. The molecule has 3 aromatic carbocycles. The van der Waals surface area contributed by atoms with Crippen LogP contribution in [-0.2, 0) is 33.5 Å². The predicted octanol–water partition coefficient (Wildman–Crippen LogP) is 6.31. The van der Waals surface area contributed by atoms with Gasteiger partial charge in [-0.05, 0) is 85.1 Å². The van der Waals surface area contributed by atoms with Gasteiger partial charge in [0.25, 0.3) is 5.91 Å². The summed E-state index contributed by atoms with van der Waals surface area (Å²) in [6.07, 6.45) is -1.31. The third kappa shape index (κ3) is 9.21. The van der Waals surface area contributed by atoms with Crippen LogP contribution in [0.2, 0.25) is 0 Å². The van der Waals surface area contributed by atoms with Crippen LogP contribution < -0.4 is 15.8 Å². The molecule has 2 bridgehead atoms. The molecule has 1 saturated carbocycles. The number of nitrogens with two attached hydrogens (primary N) is 1. The molecular formula is C39H40F6N4O4. The van der Waals surface area contributed by atoms with E-state index in [9.17, 15) is 40.7 Å². The van der Waals surface area contributed by atoms with Gasteiger partial charge in [0, 0.05) is 50.1 Å². The van der Waals surface area contributed by atoms with Gasteiger partial charge in [-0.25, -0.2) is 8.78 Å². The third-order valence-corrected chi connectivity index (χ3v) is 9.82. The lowest BCUT2D eigenvalue weighted by Crippen LogP contribution is -2.62. The monoisotopic (exact) mass is 742 g/mol. The molecule has 2 heterocycles. The Bertz CT molecular complexity index is 1880. The molecule has 3 N–H and O–H groups in total. The van der Waals surface area contributed by atoms with Crippen molar-refractivity contribution in [1.29, 1.82) is 0 Å². The molecule has 3 aromatic rings. The number of amides is 3. The summed E-state index contributed by atoms with van der Waals surface area (Å²) < 4.78 is 87.3. The van der Waals surface area contributed by atoms with Gasteiger partial charge in [-0.3, -0.25) is 14.4 Å². The SMILES string of the molecule is NC(=O)CCCC(=O)N1CC2CC(c3ccc(CCCOc4c(F)ccc(F)c4F)cc3)=C(C(=O)N(Cc3cccc(C(F)(F)F)c3)C3CC3)[C@@H](C1)N2. The molecule has 14 heteroatoms. The van der Waals surface area contributed by atoms with Crippen LogP contribution in [0.1, 0.15) is 67.2 Å². The number of primary amides is 1. The Morgan fingerprint density at radius 3 is 2.34 bits per heavy atom. The Balaban J connectivity index is 1.24. The first kappa shape index (κ1) is 37.9. The lowest BCUT2D eigenvalue weighted by atomic mass is 9.82. The Hall–Kier alpha value is -4.85. The molecule has 282 valence electrons. The number of nitrogens with zero attached hydrogens (tertiary/aromatic N) is 2. The van der Waals surface area contributed by atoms with Crippen molar-refractivity contribution in [2.75, 3.05) is 19.7 Å². The van der Waals surface area contributed by atoms with Crippen molar-refractivity contribution in [1.82, 2.24) is 15.1 Å². The van der Waals surface area contributed by atoms with E-state index in [1.165, 1.54) is 6.07 Å². The summed E-state index contributed by atoms with van der Waals surface area (Å²) in [5.41, 5.74) is 7.72. The average molecular weight is 743 g/mol. The molecule has 6 rings (SSSR count). The van der Waals surface area contributed by atoms with E-state index < -0.39 is 46.9 Å². The van der Waals surface area contributed by atoms with Crippen molar-refractivity contribution in [3.8, 4) is 5.75 Å². The van der Waals surface area contributed by atoms with E-state index in [1.807, 2.05) is 24.3 Å². The van der Waals surface area contributed by atoms with E-state index in [0.717, 1.165) is 47.7 Å². The molecule has 3 amide bonds. The maximum absolute atomic E-state index is 14.7. The summed E-state index contributed by atoms with van der Waals surface area (Å²) >= 11 is 0. The van der Waals surface area contributed by atoms with Crippen LogP contribution in [0.5, 0.6) is 5.75 Å². The van der Waals surface area contributed by atoms with Crippen molar-refractivity contribution >= 4 is 23.3 Å². The predicted molar refractivity (Wildman–Crippen MR) is 183 cm³/mol. The van der Waals surface area contributed by atoms with E-state index in [1.54, 1.807) is 15.9 Å². The number of rotatable bonds is 14. The number of alkyl halides is 3.